The largest absolute Gasteiger partial charge is 0.469 e. The molecule has 0 N–H and O–H groups in total. The average molecular weight is 204 g/mol. The number of esters is 1. The second-order valence-electron chi connectivity index (χ2n) is 2.77. The Labute approximate surface area is 79.5 Å². The van der Waals surface area contributed by atoms with Gasteiger partial charge in [-0.3, -0.25) is 9.48 Å². The predicted molar refractivity (Wildman–Crippen MR) is 43.9 cm³/mol. The van der Waals surface area contributed by atoms with Gasteiger partial charge in [0.05, 0.1) is 13.5 Å². The van der Waals surface area contributed by atoms with Crippen molar-refractivity contribution in [2.24, 2.45) is 7.05 Å². The van der Waals surface area contributed by atoms with Gasteiger partial charge in [0.15, 0.2) is 0 Å². The van der Waals surface area contributed by atoms with Crippen LogP contribution < -0.4 is 0 Å². The molecule has 0 radical (unpaired) electrons. The molecule has 1 aromatic rings. The van der Waals surface area contributed by atoms with E-state index in [9.17, 15) is 13.6 Å². The lowest BCUT2D eigenvalue weighted by Gasteiger charge is -1.99. The van der Waals surface area contributed by atoms with Crippen molar-refractivity contribution in [3.63, 3.8) is 0 Å². The summed E-state index contributed by atoms with van der Waals surface area (Å²) in [4.78, 5) is 10.9. The van der Waals surface area contributed by atoms with E-state index in [1.807, 2.05) is 0 Å². The molecule has 0 saturated heterocycles. The number of hydrogen-bond donors (Lipinski definition) is 0. The summed E-state index contributed by atoms with van der Waals surface area (Å²) in [5.74, 6) is -0.556. The number of alkyl halides is 2. The van der Waals surface area contributed by atoms with E-state index in [1.165, 1.54) is 25.0 Å². The van der Waals surface area contributed by atoms with Crippen molar-refractivity contribution in [3.05, 3.63) is 17.5 Å². The van der Waals surface area contributed by atoms with Crippen LogP contribution in [0.15, 0.2) is 6.20 Å². The van der Waals surface area contributed by atoms with Crippen LogP contribution in [0.1, 0.15) is 17.7 Å². The fraction of sp³-hybridized carbons (Fsp3) is 0.500. The van der Waals surface area contributed by atoms with E-state index in [1.54, 1.807) is 0 Å². The number of aryl methyl sites for hydroxylation is 1. The zero-order chi connectivity index (χ0) is 10.7. The number of aromatic nitrogens is 2. The van der Waals surface area contributed by atoms with Gasteiger partial charge in [0.1, 0.15) is 5.69 Å². The normalized spacial score (nSPS) is 10.6. The van der Waals surface area contributed by atoms with E-state index >= 15 is 0 Å². The molecule has 0 atom stereocenters. The van der Waals surface area contributed by atoms with E-state index < -0.39 is 12.4 Å². The molecule has 0 aliphatic rings. The molecule has 14 heavy (non-hydrogen) atoms. The van der Waals surface area contributed by atoms with Crippen molar-refractivity contribution in [1.82, 2.24) is 9.78 Å². The first-order chi connectivity index (χ1) is 6.54. The summed E-state index contributed by atoms with van der Waals surface area (Å²) in [6.45, 7) is 0. The quantitative estimate of drug-likeness (QED) is 0.692. The monoisotopic (exact) mass is 204 g/mol. The number of halogens is 2. The van der Waals surface area contributed by atoms with Gasteiger partial charge in [0.2, 0.25) is 0 Å². The number of rotatable bonds is 3. The van der Waals surface area contributed by atoms with Crippen molar-refractivity contribution in [2.45, 2.75) is 12.8 Å². The van der Waals surface area contributed by atoms with Crippen molar-refractivity contribution in [1.29, 1.82) is 0 Å². The number of carbonyl (C=O) groups excluding carboxylic acids is 1. The molecule has 4 nitrogen and oxygen atoms in total. The molecule has 1 aromatic heterocycles. The topological polar surface area (TPSA) is 44.1 Å². The lowest BCUT2D eigenvalue weighted by atomic mass is 10.2. The highest BCUT2D eigenvalue weighted by Crippen LogP contribution is 2.21. The summed E-state index contributed by atoms with van der Waals surface area (Å²) in [6.07, 6.45) is -1.46. The third-order valence-corrected chi connectivity index (χ3v) is 1.71. The van der Waals surface area contributed by atoms with Crippen LogP contribution in [-0.2, 0) is 23.0 Å². The van der Waals surface area contributed by atoms with Crippen LogP contribution in [0.5, 0.6) is 0 Å². The lowest BCUT2D eigenvalue weighted by Crippen LogP contribution is -2.05. The SMILES string of the molecule is COC(=O)Cc1cn(C)nc1C(F)F. The Morgan fingerprint density at radius 1 is 1.71 bits per heavy atom. The average Bonchev–Trinajstić information content (AvgIpc) is 2.46. The van der Waals surface area contributed by atoms with Crippen LogP contribution in [0, 0.1) is 0 Å². The molecule has 0 saturated carbocycles. The number of hydrogen-bond acceptors (Lipinski definition) is 3. The van der Waals surface area contributed by atoms with Crippen LogP contribution >= 0.6 is 0 Å². The molecule has 1 rings (SSSR count). The van der Waals surface area contributed by atoms with Crippen molar-refractivity contribution in [2.75, 3.05) is 7.11 Å². The highest BCUT2D eigenvalue weighted by molar-refractivity contribution is 5.72. The molecule has 78 valence electrons. The second kappa shape index (κ2) is 4.17. The van der Waals surface area contributed by atoms with Crippen molar-refractivity contribution in [3.8, 4) is 0 Å². The second-order valence-corrected chi connectivity index (χ2v) is 2.77. The Kier molecular flexibility index (Phi) is 3.16. The molecule has 0 aromatic carbocycles. The summed E-state index contributed by atoms with van der Waals surface area (Å²) in [5, 5.41) is 3.56. The number of methoxy groups -OCH3 is 1. The Hall–Kier alpha value is -1.46. The molecule has 6 heteroatoms. The predicted octanol–water partition coefficient (Wildman–Crippen LogP) is 1.07. The Morgan fingerprint density at radius 2 is 2.36 bits per heavy atom. The van der Waals surface area contributed by atoms with E-state index in [-0.39, 0.29) is 17.7 Å². The van der Waals surface area contributed by atoms with Gasteiger partial charge < -0.3 is 4.74 Å². The number of nitrogens with zero attached hydrogens (tertiary/aromatic N) is 2. The Balaban J connectivity index is 2.89. The van der Waals surface area contributed by atoms with Gasteiger partial charge in [-0.05, 0) is 0 Å². The van der Waals surface area contributed by atoms with E-state index in [0.717, 1.165) is 0 Å². The van der Waals surface area contributed by atoms with Gasteiger partial charge in [-0.1, -0.05) is 0 Å². The molecular formula is C8H10F2N2O2. The number of ether oxygens (including phenoxy) is 1. The summed E-state index contributed by atoms with van der Waals surface area (Å²) in [5.41, 5.74) is -0.160. The maximum absolute atomic E-state index is 12.4. The molecule has 0 spiro atoms. The maximum Gasteiger partial charge on any atom is 0.310 e. The summed E-state index contributed by atoms with van der Waals surface area (Å²) < 4.78 is 30.4. The van der Waals surface area contributed by atoms with E-state index in [2.05, 4.69) is 9.84 Å². The van der Waals surface area contributed by atoms with Gasteiger partial charge in [-0.2, -0.15) is 5.10 Å². The van der Waals surface area contributed by atoms with Crippen LogP contribution in [0.2, 0.25) is 0 Å². The minimum Gasteiger partial charge on any atom is -0.469 e. The summed E-state index contributed by atoms with van der Waals surface area (Å²) in [7, 11) is 2.73. The Morgan fingerprint density at radius 3 is 2.86 bits per heavy atom. The molecule has 1 heterocycles. The zero-order valence-corrected chi connectivity index (χ0v) is 7.83. The highest BCUT2D eigenvalue weighted by Gasteiger charge is 2.19. The van der Waals surface area contributed by atoms with E-state index in [0.29, 0.717) is 0 Å². The maximum atomic E-state index is 12.4. The van der Waals surface area contributed by atoms with Gasteiger partial charge >= 0.3 is 5.97 Å². The molecule has 0 fully saturated rings. The molecule has 0 bridgehead atoms. The highest BCUT2D eigenvalue weighted by atomic mass is 19.3. The third-order valence-electron chi connectivity index (χ3n) is 1.71. The third kappa shape index (κ3) is 2.27. The molecule has 0 unspecified atom stereocenters. The van der Waals surface area contributed by atoms with Crippen LogP contribution in [0.3, 0.4) is 0 Å². The molecule has 0 aliphatic carbocycles. The van der Waals surface area contributed by atoms with Gasteiger partial charge in [-0.25, -0.2) is 8.78 Å². The first-order valence-corrected chi connectivity index (χ1v) is 3.92. The number of carbonyl (C=O) groups is 1. The molecule has 0 aliphatic heterocycles. The van der Waals surface area contributed by atoms with E-state index in [4.69, 9.17) is 0 Å². The smallest absolute Gasteiger partial charge is 0.310 e. The van der Waals surface area contributed by atoms with Gasteiger partial charge in [-0.15, -0.1) is 0 Å². The standard InChI is InChI=1S/C8H10F2N2O2/c1-12-4-5(3-6(13)14-2)7(11-12)8(9)10/h4,8H,3H2,1-2H3. The van der Waals surface area contributed by atoms with Gasteiger partial charge in [0.25, 0.3) is 6.43 Å². The van der Waals surface area contributed by atoms with Crippen LogP contribution in [0.25, 0.3) is 0 Å². The first kappa shape index (κ1) is 10.6. The van der Waals surface area contributed by atoms with Crippen LogP contribution in [-0.4, -0.2) is 22.9 Å². The summed E-state index contributed by atoms with van der Waals surface area (Å²) >= 11 is 0. The van der Waals surface area contributed by atoms with Crippen LogP contribution in [0.4, 0.5) is 8.78 Å². The van der Waals surface area contributed by atoms with Crippen molar-refractivity contribution < 1.29 is 18.3 Å². The minimum atomic E-state index is -2.67. The first-order valence-electron chi connectivity index (χ1n) is 3.92. The van der Waals surface area contributed by atoms with Crippen molar-refractivity contribution >= 4 is 5.97 Å². The zero-order valence-electron chi connectivity index (χ0n) is 7.83. The Bertz CT molecular complexity index is 336. The summed E-state index contributed by atoms with van der Waals surface area (Å²) in [6, 6.07) is 0. The lowest BCUT2D eigenvalue weighted by molar-refractivity contribution is -0.139. The minimum absolute atomic E-state index is 0.177. The molecular weight excluding hydrogens is 194 g/mol. The fourth-order valence-corrected chi connectivity index (χ4v) is 1.10. The van der Waals surface area contributed by atoms with Gasteiger partial charge in [0, 0.05) is 18.8 Å². The fourth-order valence-electron chi connectivity index (χ4n) is 1.10. The molecule has 0 amide bonds.